The number of hydrogen-bond donors (Lipinski definition) is 1. The molecule has 1 N–H and O–H groups in total. The summed E-state index contributed by atoms with van der Waals surface area (Å²) in [4.78, 5) is 14.0. The van der Waals surface area contributed by atoms with Gasteiger partial charge in [0.15, 0.2) is 0 Å². The third-order valence-corrected chi connectivity index (χ3v) is 4.38. The van der Waals surface area contributed by atoms with E-state index in [2.05, 4.69) is 5.32 Å². The number of benzene rings is 1. The number of rotatable bonds is 1. The molecule has 132 valence electrons. The first-order chi connectivity index (χ1) is 11.4. The maximum Gasteiger partial charge on any atom is 0.416 e. The molecule has 0 bridgehead atoms. The standard InChI is InChI=1S/C16H19F3N2O3/c17-16(18,19)12-2-1-3-13(10-12)20-14(22)21-6-9-24-15(11-21)4-7-23-8-5-15/h1-3,10H,4-9,11H2,(H,20,22). The number of amides is 2. The Morgan fingerprint density at radius 3 is 2.67 bits per heavy atom. The first-order valence-corrected chi connectivity index (χ1v) is 7.83. The van der Waals surface area contributed by atoms with Crippen LogP contribution in [-0.4, -0.2) is 49.4 Å². The van der Waals surface area contributed by atoms with E-state index in [4.69, 9.17) is 9.47 Å². The highest BCUT2D eigenvalue weighted by molar-refractivity contribution is 5.89. The highest BCUT2D eigenvalue weighted by Crippen LogP contribution is 2.31. The molecule has 8 heteroatoms. The third kappa shape index (κ3) is 3.81. The van der Waals surface area contributed by atoms with Gasteiger partial charge < -0.3 is 19.7 Å². The Balaban J connectivity index is 1.66. The van der Waals surface area contributed by atoms with Crippen LogP contribution in [0.5, 0.6) is 0 Å². The van der Waals surface area contributed by atoms with Crippen molar-refractivity contribution in [1.82, 2.24) is 4.90 Å². The van der Waals surface area contributed by atoms with Gasteiger partial charge in [-0.2, -0.15) is 13.2 Å². The summed E-state index contributed by atoms with van der Waals surface area (Å²) in [6, 6.07) is 4.21. The van der Waals surface area contributed by atoms with E-state index in [0.29, 0.717) is 45.8 Å². The van der Waals surface area contributed by atoms with Gasteiger partial charge in [0.2, 0.25) is 0 Å². The Kier molecular flexibility index (Phi) is 4.69. The predicted octanol–water partition coefficient (Wildman–Crippen LogP) is 3.12. The van der Waals surface area contributed by atoms with Crippen molar-refractivity contribution in [3.63, 3.8) is 0 Å². The third-order valence-electron chi connectivity index (χ3n) is 4.38. The maximum atomic E-state index is 12.7. The molecule has 1 aromatic rings. The summed E-state index contributed by atoms with van der Waals surface area (Å²) >= 11 is 0. The van der Waals surface area contributed by atoms with Gasteiger partial charge in [-0.1, -0.05) is 6.07 Å². The van der Waals surface area contributed by atoms with Crippen molar-refractivity contribution >= 4 is 11.7 Å². The lowest BCUT2D eigenvalue weighted by Crippen LogP contribution is -2.56. The predicted molar refractivity (Wildman–Crippen MR) is 80.8 cm³/mol. The lowest BCUT2D eigenvalue weighted by Gasteiger charge is -2.44. The van der Waals surface area contributed by atoms with Gasteiger partial charge >= 0.3 is 12.2 Å². The smallest absolute Gasteiger partial charge is 0.381 e. The molecule has 2 saturated heterocycles. The van der Waals surface area contributed by atoms with E-state index in [1.807, 2.05) is 0 Å². The topological polar surface area (TPSA) is 50.8 Å². The fraction of sp³-hybridized carbons (Fsp3) is 0.562. The van der Waals surface area contributed by atoms with Crippen LogP contribution in [0.2, 0.25) is 0 Å². The van der Waals surface area contributed by atoms with E-state index in [1.165, 1.54) is 12.1 Å². The number of nitrogens with zero attached hydrogens (tertiary/aromatic N) is 1. The van der Waals surface area contributed by atoms with Crippen LogP contribution in [0.3, 0.4) is 0 Å². The Morgan fingerprint density at radius 1 is 1.21 bits per heavy atom. The first kappa shape index (κ1) is 17.0. The highest BCUT2D eigenvalue weighted by atomic mass is 19.4. The molecule has 0 unspecified atom stereocenters. The number of alkyl halides is 3. The van der Waals surface area contributed by atoms with Crippen LogP contribution in [0.4, 0.5) is 23.7 Å². The zero-order valence-corrected chi connectivity index (χ0v) is 13.1. The summed E-state index contributed by atoms with van der Waals surface area (Å²) in [5.74, 6) is 0. The molecule has 0 radical (unpaired) electrons. The zero-order chi connectivity index (χ0) is 17.2. The molecular weight excluding hydrogens is 325 g/mol. The minimum Gasteiger partial charge on any atom is -0.381 e. The Hall–Kier alpha value is -1.80. The van der Waals surface area contributed by atoms with Crippen molar-refractivity contribution in [2.45, 2.75) is 24.6 Å². The maximum absolute atomic E-state index is 12.7. The van der Waals surface area contributed by atoms with Crippen molar-refractivity contribution in [2.75, 3.05) is 38.2 Å². The van der Waals surface area contributed by atoms with Gasteiger partial charge in [-0.3, -0.25) is 0 Å². The molecule has 2 amide bonds. The van der Waals surface area contributed by atoms with Gasteiger partial charge in [0.1, 0.15) is 0 Å². The summed E-state index contributed by atoms with van der Waals surface area (Å²) in [7, 11) is 0. The number of carbonyl (C=O) groups excluding carboxylic acids is 1. The van der Waals surface area contributed by atoms with Crippen LogP contribution in [0.25, 0.3) is 0 Å². The molecule has 0 atom stereocenters. The fourth-order valence-corrected chi connectivity index (χ4v) is 3.04. The van der Waals surface area contributed by atoms with Crippen molar-refractivity contribution in [1.29, 1.82) is 0 Å². The van der Waals surface area contributed by atoms with Gasteiger partial charge in [0, 0.05) is 38.3 Å². The average Bonchev–Trinajstić information content (AvgIpc) is 2.55. The quantitative estimate of drug-likeness (QED) is 0.852. The van der Waals surface area contributed by atoms with Gasteiger partial charge in [-0.05, 0) is 18.2 Å². The lowest BCUT2D eigenvalue weighted by molar-refractivity contribution is -0.144. The van der Waals surface area contributed by atoms with Crippen molar-refractivity contribution in [2.24, 2.45) is 0 Å². The molecular formula is C16H19F3N2O3. The number of nitrogens with one attached hydrogen (secondary N) is 1. The minimum atomic E-state index is -4.44. The van der Waals surface area contributed by atoms with E-state index in [0.717, 1.165) is 12.1 Å². The average molecular weight is 344 g/mol. The van der Waals surface area contributed by atoms with Gasteiger partial charge in [0.05, 0.1) is 24.3 Å². The molecule has 3 rings (SSSR count). The second-order valence-corrected chi connectivity index (χ2v) is 6.07. The van der Waals surface area contributed by atoms with Crippen LogP contribution in [0.15, 0.2) is 24.3 Å². The summed E-state index contributed by atoms with van der Waals surface area (Å²) in [5.41, 5.74) is -1.06. The van der Waals surface area contributed by atoms with Crippen molar-refractivity contribution < 1.29 is 27.4 Å². The Labute approximate surface area is 137 Å². The van der Waals surface area contributed by atoms with Crippen LogP contribution in [0.1, 0.15) is 18.4 Å². The van der Waals surface area contributed by atoms with E-state index in [9.17, 15) is 18.0 Å². The Bertz CT molecular complexity index is 595. The summed E-state index contributed by atoms with van der Waals surface area (Å²) < 4.78 is 49.4. The molecule has 1 aromatic carbocycles. The monoisotopic (exact) mass is 344 g/mol. The first-order valence-electron chi connectivity index (χ1n) is 7.83. The molecule has 2 fully saturated rings. The van der Waals surface area contributed by atoms with E-state index < -0.39 is 23.4 Å². The normalized spacial score (nSPS) is 20.9. The molecule has 0 aliphatic carbocycles. The van der Waals surface area contributed by atoms with Crippen LogP contribution in [0, 0.1) is 0 Å². The van der Waals surface area contributed by atoms with Gasteiger partial charge in [-0.15, -0.1) is 0 Å². The van der Waals surface area contributed by atoms with Crippen LogP contribution in [-0.2, 0) is 15.7 Å². The van der Waals surface area contributed by atoms with Gasteiger partial charge in [0.25, 0.3) is 0 Å². The minimum absolute atomic E-state index is 0.127. The largest absolute Gasteiger partial charge is 0.416 e. The molecule has 5 nitrogen and oxygen atoms in total. The fourth-order valence-electron chi connectivity index (χ4n) is 3.04. The van der Waals surface area contributed by atoms with Crippen LogP contribution < -0.4 is 5.32 Å². The summed E-state index contributed by atoms with van der Waals surface area (Å²) in [6.45, 7) is 2.41. The molecule has 0 aromatic heterocycles. The van der Waals surface area contributed by atoms with Crippen molar-refractivity contribution in [3.8, 4) is 0 Å². The number of ether oxygens (including phenoxy) is 2. The molecule has 2 aliphatic rings. The van der Waals surface area contributed by atoms with Gasteiger partial charge in [-0.25, -0.2) is 4.79 Å². The van der Waals surface area contributed by atoms with E-state index in [-0.39, 0.29) is 5.69 Å². The number of morpholine rings is 1. The molecule has 24 heavy (non-hydrogen) atoms. The van der Waals surface area contributed by atoms with Crippen LogP contribution >= 0.6 is 0 Å². The molecule has 0 saturated carbocycles. The molecule has 2 aliphatic heterocycles. The second-order valence-electron chi connectivity index (χ2n) is 6.07. The van der Waals surface area contributed by atoms with E-state index in [1.54, 1.807) is 4.90 Å². The lowest BCUT2D eigenvalue weighted by atomic mass is 9.92. The van der Waals surface area contributed by atoms with Crippen molar-refractivity contribution in [3.05, 3.63) is 29.8 Å². The number of carbonyl (C=O) groups is 1. The highest BCUT2D eigenvalue weighted by Gasteiger charge is 2.39. The molecule has 1 spiro atoms. The number of urea groups is 1. The zero-order valence-electron chi connectivity index (χ0n) is 13.1. The molecule has 2 heterocycles. The number of anilines is 1. The number of halogens is 3. The Morgan fingerprint density at radius 2 is 1.96 bits per heavy atom. The number of hydrogen-bond acceptors (Lipinski definition) is 3. The second kappa shape index (κ2) is 6.60. The SMILES string of the molecule is O=C(Nc1cccc(C(F)(F)F)c1)N1CCOC2(CCOCC2)C1. The summed E-state index contributed by atoms with van der Waals surface area (Å²) in [6.07, 6.45) is -3.02. The summed E-state index contributed by atoms with van der Waals surface area (Å²) in [5, 5.41) is 2.55. The van der Waals surface area contributed by atoms with E-state index >= 15 is 0 Å².